The van der Waals surface area contributed by atoms with E-state index in [2.05, 4.69) is 0 Å². The lowest BCUT2D eigenvalue weighted by atomic mass is 9.95. The standard InChI is InChI=1S/C13H21F2NO.BrH/c14-13(15)11-5-3-1-2-4-6-12(11,13)16-7-9-17-10-8-16;/h11H,1-10H2;1H/t11-,12-;/m0./s1. The lowest BCUT2D eigenvalue weighted by molar-refractivity contribution is -0.950. The highest BCUT2D eigenvalue weighted by atomic mass is 79.9. The normalized spacial score (nSPS) is 40.0. The van der Waals surface area contributed by atoms with Crippen LogP contribution < -0.4 is 21.9 Å². The van der Waals surface area contributed by atoms with Crippen molar-refractivity contribution in [2.75, 3.05) is 26.3 Å². The van der Waals surface area contributed by atoms with Crippen LogP contribution in [0.25, 0.3) is 0 Å². The van der Waals surface area contributed by atoms with E-state index >= 15 is 0 Å². The van der Waals surface area contributed by atoms with Crippen LogP contribution in [-0.2, 0) is 4.74 Å². The largest absolute Gasteiger partial charge is 1.00 e. The van der Waals surface area contributed by atoms with E-state index in [1.807, 2.05) is 0 Å². The highest BCUT2D eigenvalue weighted by Crippen LogP contribution is 2.62. The molecule has 0 bridgehead atoms. The fourth-order valence-electron chi connectivity index (χ4n) is 4.13. The number of ether oxygens (including phenoxy) is 1. The van der Waals surface area contributed by atoms with E-state index in [1.54, 1.807) is 0 Å². The predicted octanol–water partition coefficient (Wildman–Crippen LogP) is -1.74. The highest BCUT2D eigenvalue weighted by molar-refractivity contribution is 5.20. The topological polar surface area (TPSA) is 13.7 Å². The van der Waals surface area contributed by atoms with E-state index in [-0.39, 0.29) is 22.9 Å². The molecule has 5 heteroatoms. The monoisotopic (exact) mass is 325 g/mol. The summed E-state index contributed by atoms with van der Waals surface area (Å²) in [5, 5.41) is 0. The summed E-state index contributed by atoms with van der Waals surface area (Å²) in [5.41, 5.74) is -0.711. The first kappa shape index (κ1) is 14.7. The van der Waals surface area contributed by atoms with Crippen LogP contribution in [0.2, 0.25) is 0 Å². The molecule has 1 aliphatic heterocycles. The summed E-state index contributed by atoms with van der Waals surface area (Å²) in [4.78, 5) is 1.13. The molecule has 2 saturated carbocycles. The van der Waals surface area contributed by atoms with Gasteiger partial charge < -0.3 is 26.6 Å². The minimum atomic E-state index is -2.41. The zero-order valence-electron chi connectivity index (χ0n) is 10.7. The van der Waals surface area contributed by atoms with Crippen molar-refractivity contribution in [3.63, 3.8) is 0 Å². The first-order chi connectivity index (χ1) is 8.19. The Morgan fingerprint density at radius 3 is 2.39 bits per heavy atom. The Kier molecular flexibility index (Phi) is 4.34. The Bertz CT molecular complexity index is 297. The average molecular weight is 326 g/mol. The predicted molar refractivity (Wildman–Crippen MR) is 60.4 cm³/mol. The maximum Gasteiger partial charge on any atom is 0.310 e. The van der Waals surface area contributed by atoms with Crippen LogP contribution in [0.5, 0.6) is 0 Å². The number of nitrogens with one attached hydrogen (secondary N) is 1. The molecule has 3 rings (SSSR count). The van der Waals surface area contributed by atoms with Crippen molar-refractivity contribution in [3.05, 3.63) is 0 Å². The van der Waals surface area contributed by atoms with Gasteiger partial charge in [0.05, 0.1) is 19.1 Å². The first-order valence-electron chi connectivity index (χ1n) is 7.00. The lowest BCUT2D eigenvalue weighted by Crippen LogP contribution is -3.20. The van der Waals surface area contributed by atoms with Crippen molar-refractivity contribution in [1.29, 1.82) is 0 Å². The molecule has 0 aromatic rings. The van der Waals surface area contributed by atoms with Gasteiger partial charge in [-0.15, -0.1) is 0 Å². The van der Waals surface area contributed by atoms with Gasteiger partial charge in [-0.05, 0) is 12.8 Å². The van der Waals surface area contributed by atoms with Gasteiger partial charge in [0.2, 0.25) is 0 Å². The fraction of sp³-hybridized carbons (Fsp3) is 1.00. The summed E-state index contributed by atoms with van der Waals surface area (Å²) < 4.78 is 33.8. The summed E-state index contributed by atoms with van der Waals surface area (Å²) in [5.74, 6) is -2.76. The number of fused-ring (bicyclic) bond motifs is 1. The molecule has 0 aromatic heterocycles. The molecule has 2 nitrogen and oxygen atoms in total. The van der Waals surface area contributed by atoms with Crippen molar-refractivity contribution >= 4 is 0 Å². The zero-order chi connectivity index (χ0) is 11.9. The minimum absolute atomic E-state index is 0. The average Bonchev–Trinajstić information content (AvgIpc) is 2.74. The van der Waals surface area contributed by atoms with Gasteiger partial charge in [-0.2, -0.15) is 8.78 Å². The van der Waals surface area contributed by atoms with E-state index in [9.17, 15) is 8.78 Å². The molecule has 2 aliphatic carbocycles. The van der Waals surface area contributed by atoms with E-state index in [1.165, 1.54) is 0 Å². The van der Waals surface area contributed by atoms with Crippen molar-refractivity contribution in [1.82, 2.24) is 0 Å². The van der Waals surface area contributed by atoms with Crippen LogP contribution in [0.15, 0.2) is 0 Å². The third-order valence-corrected chi connectivity index (χ3v) is 5.09. The van der Waals surface area contributed by atoms with Gasteiger partial charge in [-0.25, -0.2) is 0 Å². The molecule has 18 heavy (non-hydrogen) atoms. The molecule has 1 N–H and O–H groups in total. The Morgan fingerprint density at radius 1 is 1.00 bits per heavy atom. The molecule has 3 fully saturated rings. The molecule has 1 saturated heterocycles. The fourth-order valence-corrected chi connectivity index (χ4v) is 4.13. The Balaban J connectivity index is 0.00000120. The second kappa shape index (κ2) is 5.33. The van der Waals surface area contributed by atoms with E-state index in [0.717, 1.165) is 56.5 Å². The summed E-state index contributed by atoms with van der Waals surface area (Å²) in [6.07, 6.45) is 5.70. The van der Waals surface area contributed by atoms with Gasteiger partial charge >= 0.3 is 5.92 Å². The van der Waals surface area contributed by atoms with Gasteiger partial charge in [-0.3, -0.25) is 0 Å². The quantitative estimate of drug-likeness (QED) is 0.604. The SMILES string of the molecule is FC1(F)[C@H]2CCCCCC[C@]21[NH+]1CCOCC1.[Br-]. The molecule has 3 aliphatic rings. The molecule has 0 unspecified atom stereocenters. The van der Waals surface area contributed by atoms with Crippen LogP contribution >= 0.6 is 0 Å². The second-order valence-electron chi connectivity index (χ2n) is 5.82. The van der Waals surface area contributed by atoms with Gasteiger partial charge in [0.15, 0.2) is 5.54 Å². The van der Waals surface area contributed by atoms with Crippen LogP contribution in [0.3, 0.4) is 0 Å². The summed E-state index contributed by atoms with van der Waals surface area (Å²) in [7, 11) is 0. The van der Waals surface area contributed by atoms with Crippen LogP contribution in [0, 0.1) is 5.92 Å². The Hall–Kier alpha value is 0.260. The van der Waals surface area contributed by atoms with Crippen molar-refractivity contribution < 1.29 is 35.4 Å². The molecule has 0 amide bonds. The van der Waals surface area contributed by atoms with Crippen molar-refractivity contribution in [2.45, 2.75) is 50.0 Å². The molecular formula is C13H22BrF2NO. The summed E-state index contributed by atoms with van der Waals surface area (Å²) in [6.45, 7) is 2.85. The van der Waals surface area contributed by atoms with Gasteiger partial charge in [0, 0.05) is 6.42 Å². The molecule has 0 radical (unpaired) electrons. The number of rotatable bonds is 1. The smallest absolute Gasteiger partial charge is 0.310 e. The maximum atomic E-state index is 14.2. The third-order valence-electron chi connectivity index (χ3n) is 5.09. The highest BCUT2D eigenvalue weighted by Gasteiger charge is 2.85. The van der Waals surface area contributed by atoms with Gasteiger partial charge in [0.1, 0.15) is 13.1 Å². The number of hydrogen-bond acceptors (Lipinski definition) is 1. The van der Waals surface area contributed by atoms with Crippen LogP contribution in [0.4, 0.5) is 8.78 Å². The Morgan fingerprint density at radius 2 is 1.67 bits per heavy atom. The number of morpholine rings is 1. The van der Waals surface area contributed by atoms with Crippen LogP contribution in [0.1, 0.15) is 38.5 Å². The number of alkyl halides is 2. The zero-order valence-corrected chi connectivity index (χ0v) is 12.3. The molecular weight excluding hydrogens is 304 g/mol. The second-order valence-corrected chi connectivity index (χ2v) is 5.82. The molecule has 106 valence electrons. The van der Waals surface area contributed by atoms with Crippen LogP contribution in [-0.4, -0.2) is 37.8 Å². The summed E-state index contributed by atoms with van der Waals surface area (Å²) in [6, 6.07) is 0. The maximum absolute atomic E-state index is 14.2. The number of quaternary nitrogens is 1. The summed E-state index contributed by atoms with van der Waals surface area (Å²) >= 11 is 0. The third kappa shape index (κ3) is 2.02. The molecule has 1 heterocycles. The van der Waals surface area contributed by atoms with E-state index in [0.29, 0.717) is 13.2 Å². The lowest BCUT2D eigenvalue weighted by Gasteiger charge is -2.33. The molecule has 0 aromatic carbocycles. The molecule has 2 atom stereocenters. The molecule has 0 spiro atoms. The van der Waals surface area contributed by atoms with E-state index in [4.69, 9.17) is 4.74 Å². The van der Waals surface area contributed by atoms with E-state index < -0.39 is 11.5 Å². The van der Waals surface area contributed by atoms with Gasteiger partial charge in [0.25, 0.3) is 0 Å². The van der Waals surface area contributed by atoms with Crippen molar-refractivity contribution in [2.24, 2.45) is 5.92 Å². The number of hydrogen-bond donors (Lipinski definition) is 1. The van der Waals surface area contributed by atoms with Crippen molar-refractivity contribution in [3.8, 4) is 0 Å². The minimum Gasteiger partial charge on any atom is -1.00 e. The Labute approximate surface area is 118 Å². The van der Waals surface area contributed by atoms with Gasteiger partial charge in [-0.1, -0.05) is 19.3 Å². The number of halogens is 3. The first-order valence-corrected chi connectivity index (χ1v) is 7.00.